The molecular formula is C21H27N3O5. The zero-order chi connectivity index (χ0) is 21.3. The largest absolute Gasteiger partial charge is 0.468 e. The topological polar surface area (TPSA) is 87.2 Å². The monoisotopic (exact) mass is 401 g/mol. The molecule has 0 saturated carbocycles. The van der Waals surface area contributed by atoms with Crippen molar-refractivity contribution < 1.29 is 23.9 Å². The van der Waals surface area contributed by atoms with Gasteiger partial charge in [-0.1, -0.05) is 12.1 Å². The van der Waals surface area contributed by atoms with Gasteiger partial charge in [0.25, 0.3) is 5.91 Å². The maximum atomic E-state index is 13.2. The molecule has 156 valence electrons. The molecule has 8 nitrogen and oxygen atoms in total. The van der Waals surface area contributed by atoms with E-state index in [2.05, 4.69) is 4.74 Å². The Morgan fingerprint density at radius 2 is 1.93 bits per heavy atom. The van der Waals surface area contributed by atoms with Crippen molar-refractivity contribution in [3.63, 3.8) is 0 Å². The van der Waals surface area contributed by atoms with Crippen LogP contribution >= 0.6 is 0 Å². The minimum absolute atomic E-state index is 0.0294. The SMILES string of the molecule is COC(=O)CN(C(=O)CCN1C(=O)c2ccccc2N2C(=O)CCC12C)C(C)C. The molecule has 0 aliphatic carbocycles. The number of hydrogen-bond donors (Lipinski definition) is 0. The normalized spacial score (nSPS) is 20.6. The van der Waals surface area contributed by atoms with Crippen LogP contribution in [0, 0.1) is 0 Å². The molecule has 1 unspecified atom stereocenters. The number of ether oxygens (including phenoxy) is 1. The minimum Gasteiger partial charge on any atom is -0.468 e. The van der Waals surface area contributed by atoms with Gasteiger partial charge in [0.1, 0.15) is 12.2 Å². The van der Waals surface area contributed by atoms with E-state index in [-0.39, 0.29) is 43.3 Å². The van der Waals surface area contributed by atoms with Crippen LogP contribution < -0.4 is 4.90 Å². The molecule has 0 radical (unpaired) electrons. The summed E-state index contributed by atoms with van der Waals surface area (Å²) < 4.78 is 4.67. The second kappa shape index (κ2) is 7.85. The van der Waals surface area contributed by atoms with Gasteiger partial charge in [-0.25, -0.2) is 0 Å². The Balaban J connectivity index is 1.83. The maximum Gasteiger partial charge on any atom is 0.325 e. The zero-order valence-corrected chi connectivity index (χ0v) is 17.3. The van der Waals surface area contributed by atoms with Crippen LogP contribution in [0.3, 0.4) is 0 Å². The van der Waals surface area contributed by atoms with Crippen LogP contribution in [-0.4, -0.2) is 65.4 Å². The number of amides is 3. The number of anilines is 1. The molecule has 0 aromatic heterocycles. The summed E-state index contributed by atoms with van der Waals surface area (Å²) in [6.45, 7) is 5.54. The molecule has 1 fully saturated rings. The van der Waals surface area contributed by atoms with E-state index in [9.17, 15) is 19.2 Å². The molecule has 29 heavy (non-hydrogen) atoms. The number of esters is 1. The van der Waals surface area contributed by atoms with E-state index in [1.165, 1.54) is 12.0 Å². The van der Waals surface area contributed by atoms with Gasteiger partial charge in [-0.05, 0) is 39.3 Å². The molecular weight excluding hydrogens is 374 g/mol. The van der Waals surface area contributed by atoms with Crippen molar-refractivity contribution in [2.75, 3.05) is 25.1 Å². The van der Waals surface area contributed by atoms with E-state index >= 15 is 0 Å². The van der Waals surface area contributed by atoms with Crippen molar-refractivity contribution in [1.29, 1.82) is 0 Å². The van der Waals surface area contributed by atoms with Gasteiger partial charge >= 0.3 is 5.97 Å². The summed E-state index contributed by atoms with van der Waals surface area (Å²) in [5.74, 6) is -0.949. The van der Waals surface area contributed by atoms with E-state index in [1.807, 2.05) is 26.8 Å². The Kier molecular flexibility index (Phi) is 5.64. The van der Waals surface area contributed by atoms with Crippen LogP contribution in [0.5, 0.6) is 0 Å². The number of benzene rings is 1. The van der Waals surface area contributed by atoms with Crippen molar-refractivity contribution in [3.05, 3.63) is 29.8 Å². The highest BCUT2D eigenvalue weighted by molar-refractivity contribution is 6.10. The van der Waals surface area contributed by atoms with Gasteiger partial charge in [-0.2, -0.15) is 0 Å². The van der Waals surface area contributed by atoms with Gasteiger partial charge in [0.2, 0.25) is 11.8 Å². The Bertz CT molecular complexity index is 852. The smallest absolute Gasteiger partial charge is 0.325 e. The Morgan fingerprint density at radius 3 is 2.59 bits per heavy atom. The molecule has 8 heteroatoms. The average molecular weight is 401 g/mol. The van der Waals surface area contributed by atoms with Crippen molar-refractivity contribution in [2.45, 2.75) is 51.7 Å². The van der Waals surface area contributed by atoms with Crippen LogP contribution in [0.2, 0.25) is 0 Å². The number of para-hydroxylation sites is 1. The van der Waals surface area contributed by atoms with Gasteiger partial charge in [0.05, 0.1) is 18.4 Å². The lowest BCUT2D eigenvalue weighted by Gasteiger charge is -2.48. The quantitative estimate of drug-likeness (QED) is 0.678. The first kappa shape index (κ1) is 20.8. The number of nitrogens with zero attached hydrogens (tertiary/aromatic N) is 3. The Morgan fingerprint density at radius 1 is 1.24 bits per heavy atom. The van der Waals surface area contributed by atoms with E-state index in [4.69, 9.17) is 0 Å². The van der Waals surface area contributed by atoms with Crippen molar-refractivity contribution in [3.8, 4) is 0 Å². The summed E-state index contributed by atoms with van der Waals surface area (Å²) in [5, 5.41) is 0. The minimum atomic E-state index is -0.798. The first-order chi connectivity index (χ1) is 13.7. The van der Waals surface area contributed by atoms with Crippen LogP contribution in [0.25, 0.3) is 0 Å². The van der Waals surface area contributed by atoms with Crippen LogP contribution in [0.1, 0.15) is 50.4 Å². The summed E-state index contributed by atoms with van der Waals surface area (Å²) in [4.78, 5) is 55.0. The standard InChI is InChI=1S/C21H27N3O5/c1-14(2)22(13-19(27)29-4)17(25)10-12-23-20(28)15-7-5-6-8-16(15)24-18(26)9-11-21(23,24)3/h5-8,14H,9-13H2,1-4H3. The molecule has 1 saturated heterocycles. The Labute approximate surface area is 170 Å². The fourth-order valence-electron chi connectivity index (χ4n) is 4.15. The molecule has 0 bridgehead atoms. The molecule has 3 rings (SSSR count). The Hall–Kier alpha value is -2.90. The highest BCUT2D eigenvalue weighted by Gasteiger charge is 2.52. The van der Waals surface area contributed by atoms with Crippen molar-refractivity contribution in [1.82, 2.24) is 9.80 Å². The number of rotatable bonds is 6. The predicted molar refractivity (Wildman–Crippen MR) is 106 cm³/mol. The second-order valence-electron chi connectivity index (χ2n) is 7.86. The lowest BCUT2D eigenvalue weighted by atomic mass is 9.98. The van der Waals surface area contributed by atoms with E-state index < -0.39 is 11.6 Å². The second-order valence-corrected chi connectivity index (χ2v) is 7.86. The molecule has 2 heterocycles. The summed E-state index contributed by atoms with van der Waals surface area (Å²) in [5.41, 5.74) is 0.288. The molecule has 3 amide bonds. The average Bonchev–Trinajstić information content (AvgIpc) is 3.00. The summed E-state index contributed by atoms with van der Waals surface area (Å²) in [6, 6.07) is 6.88. The molecule has 0 spiro atoms. The van der Waals surface area contributed by atoms with Gasteiger partial charge in [-0.15, -0.1) is 0 Å². The molecule has 1 atom stereocenters. The highest BCUT2D eigenvalue weighted by atomic mass is 16.5. The number of hydrogen-bond acceptors (Lipinski definition) is 5. The van der Waals surface area contributed by atoms with Crippen LogP contribution in [-0.2, 0) is 19.1 Å². The molecule has 1 aromatic carbocycles. The van der Waals surface area contributed by atoms with Gasteiger partial charge < -0.3 is 14.5 Å². The number of methoxy groups -OCH3 is 1. The number of carbonyl (C=O) groups is 4. The number of fused-ring (bicyclic) bond motifs is 3. The third-order valence-electron chi connectivity index (χ3n) is 5.77. The summed E-state index contributed by atoms with van der Waals surface area (Å²) in [7, 11) is 1.28. The van der Waals surface area contributed by atoms with Gasteiger partial charge in [-0.3, -0.25) is 24.1 Å². The summed E-state index contributed by atoms with van der Waals surface area (Å²) in [6.07, 6.45) is 0.917. The van der Waals surface area contributed by atoms with E-state index in [1.54, 1.807) is 28.0 Å². The zero-order valence-electron chi connectivity index (χ0n) is 17.3. The lowest BCUT2D eigenvalue weighted by molar-refractivity contribution is -0.148. The maximum absolute atomic E-state index is 13.2. The predicted octanol–water partition coefficient (Wildman–Crippen LogP) is 1.79. The molecule has 1 aromatic rings. The first-order valence-corrected chi connectivity index (χ1v) is 9.81. The number of carbonyl (C=O) groups excluding carboxylic acids is 4. The lowest BCUT2D eigenvalue weighted by Crippen LogP contribution is -2.62. The van der Waals surface area contributed by atoms with E-state index in [0.29, 0.717) is 24.1 Å². The summed E-state index contributed by atoms with van der Waals surface area (Å²) >= 11 is 0. The first-order valence-electron chi connectivity index (χ1n) is 9.81. The van der Waals surface area contributed by atoms with Gasteiger partial charge in [0, 0.05) is 25.4 Å². The molecule has 2 aliphatic heterocycles. The third kappa shape index (κ3) is 3.59. The molecule has 0 N–H and O–H groups in total. The van der Waals surface area contributed by atoms with Gasteiger partial charge in [0.15, 0.2) is 0 Å². The third-order valence-corrected chi connectivity index (χ3v) is 5.77. The fourth-order valence-corrected chi connectivity index (χ4v) is 4.15. The highest BCUT2D eigenvalue weighted by Crippen LogP contribution is 2.43. The van der Waals surface area contributed by atoms with Crippen LogP contribution in [0.15, 0.2) is 24.3 Å². The fraction of sp³-hybridized carbons (Fsp3) is 0.524. The molecule has 2 aliphatic rings. The van der Waals surface area contributed by atoms with E-state index in [0.717, 1.165) is 0 Å². The van der Waals surface area contributed by atoms with Crippen LogP contribution in [0.4, 0.5) is 5.69 Å². The van der Waals surface area contributed by atoms with Crippen molar-refractivity contribution >= 4 is 29.4 Å². The van der Waals surface area contributed by atoms with Crippen molar-refractivity contribution in [2.24, 2.45) is 0 Å².